The molecular weight excluding hydrogens is 763 g/mol. The molecule has 2 aliphatic rings. The lowest BCUT2D eigenvalue weighted by Crippen LogP contribution is -2.17. The fourth-order valence-corrected chi connectivity index (χ4v) is 10.9. The van der Waals surface area contributed by atoms with Crippen LogP contribution in [0.5, 0.6) is 0 Å². The molecule has 0 saturated heterocycles. The minimum atomic E-state index is -0.110. The Morgan fingerprint density at radius 3 is 1.83 bits per heavy atom. The first-order valence-electron chi connectivity index (χ1n) is 22.3. The molecular formula is C61H47NO. The van der Waals surface area contributed by atoms with Crippen molar-refractivity contribution in [3.8, 4) is 44.5 Å². The molecule has 0 fully saturated rings. The second kappa shape index (κ2) is 14.6. The molecule has 0 saturated carbocycles. The molecule has 9 aromatic carbocycles. The van der Waals surface area contributed by atoms with Crippen molar-refractivity contribution in [1.29, 1.82) is 0 Å². The minimum Gasteiger partial charge on any atom is -0.455 e. The second-order valence-corrected chi connectivity index (χ2v) is 18.1. The zero-order chi connectivity index (χ0) is 42.2. The van der Waals surface area contributed by atoms with Crippen molar-refractivity contribution in [2.45, 2.75) is 44.4 Å². The number of furan rings is 1. The van der Waals surface area contributed by atoms with E-state index in [4.69, 9.17) is 4.42 Å². The molecule has 10 aromatic rings. The third-order valence-electron chi connectivity index (χ3n) is 14.3. The van der Waals surface area contributed by atoms with Crippen LogP contribution in [-0.4, -0.2) is 0 Å². The average molecular weight is 810 g/mol. The van der Waals surface area contributed by atoms with Gasteiger partial charge in [0.05, 0.1) is 0 Å². The van der Waals surface area contributed by atoms with E-state index in [1.54, 1.807) is 0 Å². The monoisotopic (exact) mass is 809 g/mol. The van der Waals surface area contributed by atoms with E-state index in [9.17, 15) is 0 Å². The Kier molecular flexibility index (Phi) is 8.66. The first-order valence-corrected chi connectivity index (χ1v) is 22.3. The molecule has 1 heterocycles. The van der Waals surface area contributed by atoms with Crippen molar-refractivity contribution >= 4 is 39.0 Å². The smallest absolute Gasteiger partial charge is 0.143 e. The van der Waals surface area contributed by atoms with E-state index in [-0.39, 0.29) is 5.41 Å². The zero-order valence-corrected chi connectivity index (χ0v) is 35.8. The molecule has 2 nitrogen and oxygen atoms in total. The van der Waals surface area contributed by atoms with Gasteiger partial charge in [-0.15, -0.1) is 0 Å². The summed E-state index contributed by atoms with van der Waals surface area (Å²) in [5.74, 6) is 0.812. The normalized spacial score (nSPS) is 15.1. The van der Waals surface area contributed by atoms with E-state index in [1.165, 1.54) is 61.2 Å². The molecule has 0 bridgehead atoms. The molecule has 302 valence electrons. The van der Waals surface area contributed by atoms with Gasteiger partial charge in [0, 0.05) is 38.8 Å². The topological polar surface area (TPSA) is 16.4 Å². The average Bonchev–Trinajstić information content (AvgIpc) is 3.83. The maximum atomic E-state index is 6.45. The van der Waals surface area contributed by atoms with Gasteiger partial charge in [0.15, 0.2) is 0 Å². The number of benzene rings is 9. The van der Waals surface area contributed by atoms with Crippen molar-refractivity contribution < 1.29 is 4.42 Å². The summed E-state index contributed by atoms with van der Waals surface area (Å²) in [5, 5.41) is 2.28. The molecule has 0 N–H and O–H groups in total. The van der Waals surface area contributed by atoms with E-state index < -0.39 is 0 Å². The van der Waals surface area contributed by atoms with Gasteiger partial charge in [0.25, 0.3) is 0 Å². The number of fused-ring (bicyclic) bond motifs is 9. The van der Waals surface area contributed by atoms with Crippen molar-refractivity contribution in [3.05, 3.63) is 234 Å². The Balaban J connectivity index is 0.884. The lowest BCUT2D eigenvalue weighted by Gasteiger charge is -2.32. The first kappa shape index (κ1) is 37.4. The van der Waals surface area contributed by atoms with E-state index in [0.717, 1.165) is 56.5 Å². The SMILES string of the molecule is CC(c1ccc(-c2ccc(N(c3ccc(-c4cccc5c4oc4ccccc45)cc3)c3ccc4c(c3)C(C)(C)c3ccccc3-4)cc2)cc1)C1Cc2ccccc2-c2ccccc21. The van der Waals surface area contributed by atoms with Crippen molar-refractivity contribution in [2.75, 3.05) is 4.90 Å². The summed E-state index contributed by atoms with van der Waals surface area (Å²) in [5.41, 5.74) is 22.2. The molecule has 0 aliphatic heterocycles. The van der Waals surface area contributed by atoms with Crippen molar-refractivity contribution in [2.24, 2.45) is 0 Å². The predicted molar refractivity (Wildman–Crippen MR) is 264 cm³/mol. The van der Waals surface area contributed by atoms with Crippen LogP contribution in [0, 0.1) is 0 Å². The van der Waals surface area contributed by atoms with Gasteiger partial charge < -0.3 is 9.32 Å². The fourth-order valence-electron chi connectivity index (χ4n) is 10.9. The molecule has 2 unspecified atom stereocenters. The standard InChI is InChI=1S/C61H47NO/c1-39(56-37-44-13-4-5-14-48(44)50-15-6-7-16-51(50)56)40-23-25-41(26-24-40)42-27-31-45(32-28-42)62(47-35-36-53-52-17-8-10-21-57(52)61(2,3)58(53)38-47)46-33-29-43(30-34-46)49-19-12-20-55-54-18-9-11-22-59(54)63-60(49)55/h4-36,38-39,56H,37H2,1-3H3. The first-order chi connectivity index (χ1) is 30.9. The molecule has 0 spiro atoms. The Morgan fingerprint density at radius 2 is 1.05 bits per heavy atom. The highest BCUT2D eigenvalue weighted by Gasteiger charge is 2.36. The van der Waals surface area contributed by atoms with Crippen LogP contribution in [0.2, 0.25) is 0 Å². The van der Waals surface area contributed by atoms with Crippen LogP contribution in [0.25, 0.3) is 66.4 Å². The van der Waals surface area contributed by atoms with Crippen LogP contribution in [0.1, 0.15) is 60.4 Å². The number of rotatable bonds is 7. The summed E-state index contributed by atoms with van der Waals surface area (Å²) in [7, 11) is 0. The summed E-state index contributed by atoms with van der Waals surface area (Å²) in [6.45, 7) is 7.11. The van der Waals surface area contributed by atoms with Crippen LogP contribution in [0.4, 0.5) is 17.1 Å². The third-order valence-corrected chi connectivity index (χ3v) is 14.3. The van der Waals surface area contributed by atoms with Gasteiger partial charge in [-0.1, -0.05) is 185 Å². The summed E-state index contributed by atoms with van der Waals surface area (Å²) >= 11 is 0. The molecule has 0 amide bonds. The van der Waals surface area contributed by atoms with Crippen LogP contribution >= 0.6 is 0 Å². The highest BCUT2D eigenvalue weighted by molar-refractivity contribution is 6.09. The van der Waals surface area contributed by atoms with Gasteiger partial charge in [0.2, 0.25) is 0 Å². The number of nitrogens with zero attached hydrogens (tertiary/aromatic N) is 1. The fraction of sp³-hybridized carbons (Fsp3) is 0.115. The maximum absolute atomic E-state index is 6.45. The van der Waals surface area contributed by atoms with Crippen LogP contribution in [0.15, 0.2) is 211 Å². The highest BCUT2D eigenvalue weighted by Crippen LogP contribution is 2.51. The summed E-state index contributed by atoms with van der Waals surface area (Å²) in [6.07, 6.45) is 1.06. The Labute approximate surface area is 369 Å². The highest BCUT2D eigenvalue weighted by atomic mass is 16.3. The van der Waals surface area contributed by atoms with E-state index in [1.807, 2.05) is 12.1 Å². The largest absolute Gasteiger partial charge is 0.455 e. The Morgan fingerprint density at radius 1 is 0.476 bits per heavy atom. The summed E-state index contributed by atoms with van der Waals surface area (Å²) < 4.78 is 6.45. The lowest BCUT2D eigenvalue weighted by atomic mass is 9.72. The second-order valence-electron chi connectivity index (χ2n) is 18.1. The molecule has 2 heteroatoms. The van der Waals surface area contributed by atoms with E-state index >= 15 is 0 Å². The van der Waals surface area contributed by atoms with Gasteiger partial charge in [-0.3, -0.25) is 0 Å². The van der Waals surface area contributed by atoms with Gasteiger partial charge in [-0.25, -0.2) is 0 Å². The van der Waals surface area contributed by atoms with Crippen LogP contribution in [-0.2, 0) is 11.8 Å². The molecule has 2 atom stereocenters. The Hall–Kier alpha value is -7.42. The van der Waals surface area contributed by atoms with Crippen molar-refractivity contribution in [3.63, 3.8) is 0 Å². The molecule has 12 rings (SSSR count). The van der Waals surface area contributed by atoms with E-state index in [0.29, 0.717) is 11.8 Å². The summed E-state index contributed by atoms with van der Waals surface area (Å²) in [6, 6.07) is 76.0. The molecule has 1 aromatic heterocycles. The number of hydrogen-bond donors (Lipinski definition) is 0. The number of hydrogen-bond acceptors (Lipinski definition) is 2. The van der Waals surface area contributed by atoms with Gasteiger partial charge in [0.1, 0.15) is 11.2 Å². The molecule has 0 radical (unpaired) electrons. The van der Waals surface area contributed by atoms with Gasteiger partial charge >= 0.3 is 0 Å². The summed E-state index contributed by atoms with van der Waals surface area (Å²) in [4.78, 5) is 2.40. The van der Waals surface area contributed by atoms with E-state index in [2.05, 4.69) is 220 Å². The lowest BCUT2D eigenvalue weighted by molar-refractivity contribution is 0.568. The van der Waals surface area contributed by atoms with Crippen LogP contribution in [0.3, 0.4) is 0 Å². The zero-order valence-electron chi connectivity index (χ0n) is 35.8. The molecule has 2 aliphatic carbocycles. The predicted octanol–water partition coefficient (Wildman–Crippen LogP) is 16.8. The molecule has 63 heavy (non-hydrogen) atoms. The van der Waals surface area contributed by atoms with Crippen molar-refractivity contribution in [1.82, 2.24) is 0 Å². The third kappa shape index (κ3) is 6.08. The Bertz CT molecular complexity index is 3350. The maximum Gasteiger partial charge on any atom is 0.143 e. The van der Waals surface area contributed by atoms with Gasteiger partial charge in [-0.05, 0) is 127 Å². The number of para-hydroxylation sites is 2. The minimum absolute atomic E-state index is 0.110. The number of anilines is 3. The van der Waals surface area contributed by atoms with Crippen LogP contribution < -0.4 is 4.90 Å². The quantitative estimate of drug-likeness (QED) is 0.159. The van der Waals surface area contributed by atoms with Gasteiger partial charge in [-0.2, -0.15) is 0 Å².